The summed E-state index contributed by atoms with van der Waals surface area (Å²) in [6, 6.07) is -1.38. The second-order valence-electron chi connectivity index (χ2n) is 3.63. The number of urea groups is 2. The lowest BCUT2D eigenvalue weighted by Gasteiger charge is -2.45. The number of ether oxygens (including phenoxy) is 2. The van der Waals surface area contributed by atoms with Crippen LogP contribution in [-0.4, -0.2) is 55.7 Å². The average molecular weight is 244 g/mol. The molecule has 0 radical (unpaired) electrons. The number of hydrogen-bond acceptors (Lipinski definition) is 5. The van der Waals surface area contributed by atoms with Crippen molar-refractivity contribution in [2.45, 2.75) is 11.6 Å². The number of imide groups is 1. The minimum atomic E-state index is -1.78. The van der Waals surface area contributed by atoms with Crippen molar-refractivity contribution < 1.29 is 23.9 Å². The maximum atomic E-state index is 11.9. The third-order valence-corrected chi connectivity index (χ3v) is 2.96. The molecule has 17 heavy (non-hydrogen) atoms. The molecule has 0 aromatic carbocycles. The van der Waals surface area contributed by atoms with Gasteiger partial charge in [0.1, 0.15) is 0 Å². The van der Waals surface area contributed by atoms with Crippen LogP contribution in [0.2, 0.25) is 0 Å². The van der Waals surface area contributed by atoms with Gasteiger partial charge in [-0.25, -0.2) is 9.59 Å². The first-order chi connectivity index (χ1) is 7.93. The standard InChI is InChI=1S/C8H12N4O5/c1-12-6(15)11-8(17-3)7(12,16-2)4(13)9-5(14)10-8/h1-3H3,(H,11,15)(H2,9,10,13,14)/t7-,8-/m0/s1. The summed E-state index contributed by atoms with van der Waals surface area (Å²) >= 11 is 0. The van der Waals surface area contributed by atoms with Crippen LogP contribution in [0, 0.1) is 0 Å². The van der Waals surface area contributed by atoms with Crippen LogP contribution in [0.4, 0.5) is 9.59 Å². The molecule has 2 fully saturated rings. The van der Waals surface area contributed by atoms with Gasteiger partial charge in [0.05, 0.1) is 0 Å². The van der Waals surface area contributed by atoms with Gasteiger partial charge in [0.15, 0.2) is 0 Å². The normalized spacial score (nSPS) is 36.2. The minimum Gasteiger partial charge on any atom is -0.345 e. The molecular weight excluding hydrogens is 232 g/mol. The number of rotatable bonds is 2. The van der Waals surface area contributed by atoms with E-state index in [1.807, 2.05) is 5.32 Å². The second-order valence-corrected chi connectivity index (χ2v) is 3.63. The van der Waals surface area contributed by atoms with E-state index in [0.717, 1.165) is 4.90 Å². The smallest absolute Gasteiger partial charge is 0.325 e. The molecule has 5 amide bonds. The molecule has 94 valence electrons. The quantitative estimate of drug-likeness (QED) is 0.527. The van der Waals surface area contributed by atoms with E-state index in [0.29, 0.717) is 0 Å². The molecule has 2 aliphatic heterocycles. The minimum absolute atomic E-state index is 0.606. The maximum Gasteiger partial charge on any atom is 0.325 e. The lowest BCUT2D eigenvalue weighted by molar-refractivity contribution is -0.230. The molecule has 0 unspecified atom stereocenters. The first-order valence-corrected chi connectivity index (χ1v) is 4.73. The zero-order chi connectivity index (χ0) is 12.8. The van der Waals surface area contributed by atoms with Crippen LogP contribution in [0.25, 0.3) is 0 Å². The number of carbonyl (C=O) groups is 3. The van der Waals surface area contributed by atoms with Crippen LogP contribution in [0.5, 0.6) is 0 Å². The molecule has 2 rings (SSSR count). The van der Waals surface area contributed by atoms with E-state index >= 15 is 0 Å². The summed E-state index contributed by atoms with van der Waals surface area (Å²) in [5.41, 5.74) is -1.78. The summed E-state index contributed by atoms with van der Waals surface area (Å²) in [6.45, 7) is 0. The fourth-order valence-electron chi connectivity index (χ4n) is 2.12. The first kappa shape index (κ1) is 11.6. The molecule has 0 spiro atoms. The predicted octanol–water partition coefficient (Wildman–Crippen LogP) is -1.88. The summed E-state index contributed by atoms with van der Waals surface area (Å²) in [7, 11) is 3.84. The molecule has 9 nitrogen and oxygen atoms in total. The summed E-state index contributed by atoms with van der Waals surface area (Å²) < 4.78 is 10.2. The van der Waals surface area contributed by atoms with Crippen molar-refractivity contribution >= 4 is 18.0 Å². The highest BCUT2D eigenvalue weighted by atomic mass is 16.6. The third-order valence-electron chi connectivity index (χ3n) is 2.96. The first-order valence-electron chi connectivity index (χ1n) is 4.73. The number of amides is 5. The molecule has 2 saturated heterocycles. The molecule has 0 bridgehead atoms. The molecule has 2 heterocycles. The van der Waals surface area contributed by atoms with Crippen LogP contribution in [-0.2, 0) is 14.3 Å². The molecule has 2 aliphatic rings. The van der Waals surface area contributed by atoms with E-state index in [4.69, 9.17) is 9.47 Å². The number of fused-ring (bicyclic) bond motifs is 1. The van der Waals surface area contributed by atoms with E-state index in [2.05, 4.69) is 10.6 Å². The van der Waals surface area contributed by atoms with Crippen molar-refractivity contribution in [3.63, 3.8) is 0 Å². The van der Waals surface area contributed by atoms with Crippen LogP contribution in [0.3, 0.4) is 0 Å². The number of carbonyl (C=O) groups excluding carboxylic acids is 3. The molecule has 0 aromatic heterocycles. The van der Waals surface area contributed by atoms with Gasteiger partial charge in [0, 0.05) is 21.3 Å². The van der Waals surface area contributed by atoms with Gasteiger partial charge in [-0.2, -0.15) is 0 Å². The number of likely N-dealkylation sites (N-methyl/N-ethyl adjacent to an activating group) is 1. The summed E-state index contributed by atoms with van der Waals surface area (Å²) in [6.07, 6.45) is 0. The Balaban J connectivity index is 2.60. The van der Waals surface area contributed by atoms with E-state index in [9.17, 15) is 14.4 Å². The van der Waals surface area contributed by atoms with Gasteiger partial charge < -0.3 is 9.47 Å². The molecule has 9 heteroatoms. The Bertz CT molecular complexity index is 409. The Hall–Kier alpha value is -1.87. The second kappa shape index (κ2) is 3.31. The Morgan fingerprint density at radius 3 is 2.29 bits per heavy atom. The monoisotopic (exact) mass is 244 g/mol. The lowest BCUT2D eigenvalue weighted by Crippen LogP contribution is -2.81. The number of methoxy groups -OCH3 is 2. The Morgan fingerprint density at radius 1 is 1.12 bits per heavy atom. The van der Waals surface area contributed by atoms with Crippen molar-refractivity contribution in [2.75, 3.05) is 21.3 Å². The number of nitrogens with zero attached hydrogens (tertiary/aromatic N) is 1. The Labute approximate surface area is 96.4 Å². The summed E-state index contributed by atoms with van der Waals surface area (Å²) in [4.78, 5) is 35.9. The number of nitrogens with one attached hydrogen (secondary N) is 3. The highest BCUT2D eigenvalue weighted by molar-refractivity contribution is 6.06. The van der Waals surface area contributed by atoms with E-state index in [1.165, 1.54) is 21.3 Å². The molecular formula is C8H12N4O5. The van der Waals surface area contributed by atoms with Gasteiger partial charge in [0.25, 0.3) is 17.5 Å². The van der Waals surface area contributed by atoms with Crippen molar-refractivity contribution in [1.29, 1.82) is 0 Å². The molecule has 0 aliphatic carbocycles. The van der Waals surface area contributed by atoms with Crippen molar-refractivity contribution in [3.05, 3.63) is 0 Å². The highest BCUT2D eigenvalue weighted by Crippen LogP contribution is 2.35. The van der Waals surface area contributed by atoms with Crippen LogP contribution >= 0.6 is 0 Å². The van der Waals surface area contributed by atoms with Gasteiger partial charge in [-0.15, -0.1) is 0 Å². The van der Waals surface area contributed by atoms with Crippen LogP contribution in [0.15, 0.2) is 0 Å². The van der Waals surface area contributed by atoms with Crippen LogP contribution in [0.1, 0.15) is 0 Å². The van der Waals surface area contributed by atoms with Crippen molar-refractivity contribution in [3.8, 4) is 0 Å². The van der Waals surface area contributed by atoms with Gasteiger partial charge in [0.2, 0.25) is 0 Å². The largest absolute Gasteiger partial charge is 0.345 e. The fourth-order valence-corrected chi connectivity index (χ4v) is 2.12. The van der Waals surface area contributed by atoms with Crippen molar-refractivity contribution in [1.82, 2.24) is 20.9 Å². The summed E-state index contributed by atoms with van der Waals surface area (Å²) in [5, 5.41) is 6.73. The Morgan fingerprint density at radius 2 is 1.76 bits per heavy atom. The van der Waals surface area contributed by atoms with E-state index in [1.54, 1.807) is 0 Å². The van der Waals surface area contributed by atoms with Crippen LogP contribution < -0.4 is 16.0 Å². The van der Waals surface area contributed by atoms with Gasteiger partial charge in [-0.1, -0.05) is 0 Å². The Kier molecular flexibility index (Phi) is 2.26. The topological polar surface area (TPSA) is 109 Å². The zero-order valence-electron chi connectivity index (χ0n) is 9.49. The highest BCUT2D eigenvalue weighted by Gasteiger charge is 2.72. The molecule has 2 atom stereocenters. The summed E-state index contributed by atoms with van der Waals surface area (Å²) in [5.74, 6) is -2.53. The zero-order valence-corrected chi connectivity index (χ0v) is 9.49. The molecule has 3 N–H and O–H groups in total. The number of hydrogen-bond donors (Lipinski definition) is 3. The maximum absolute atomic E-state index is 11.9. The third kappa shape index (κ3) is 1.12. The average Bonchev–Trinajstić information content (AvgIpc) is 2.49. The SMILES string of the molecule is CO[C@]12NC(=O)NC(=O)[C@@]1(OC)N(C)C(=O)N2. The lowest BCUT2D eigenvalue weighted by atomic mass is 10.0. The molecule has 0 aromatic rings. The van der Waals surface area contributed by atoms with Gasteiger partial charge >= 0.3 is 12.1 Å². The fraction of sp³-hybridized carbons (Fsp3) is 0.625. The van der Waals surface area contributed by atoms with Gasteiger partial charge in [-0.3, -0.25) is 25.6 Å². The van der Waals surface area contributed by atoms with Gasteiger partial charge in [-0.05, 0) is 0 Å². The van der Waals surface area contributed by atoms with Crippen molar-refractivity contribution in [2.24, 2.45) is 0 Å². The van der Waals surface area contributed by atoms with E-state index < -0.39 is 29.5 Å². The molecule has 0 saturated carbocycles. The predicted molar refractivity (Wildman–Crippen MR) is 52.4 cm³/mol. The van der Waals surface area contributed by atoms with E-state index in [-0.39, 0.29) is 0 Å².